The molecule has 4 rings (SSSR count). The van der Waals surface area contributed by atoms with Crippen LogP contribution in [0.1, 0.15) is 29.4 Å². The van der Waals surface area contributed by atoms with Crippen molar-refractivity contribution in [3.63, 3.8) is 0 Å². The second-order valence-electron chi connectivity index (χ2n) is 6.95. The van der Waals surface area contributed by atoms with Gasteiger partial charge in [-0.25, -0.2) is 9.59 Å². The number of hydrogen-bond acceptors (Lipinski definition) is 4. The highest BCUT2D eigenvalue weighted by Gasteiger charge is 2.35. The molecule has 2 aliphatic rings. The molecule has 2 aromatic carbocycles. The Morgan fingerprint density at radius 1 is 0.929 bits per heavy atom. The number of fused-ring (bicyclic) bond motifs is 5. The lowest BCUT2D eigenvalue weighted by atomic mass is 9.77. The third kappa shape index (κ3) is 4.58. The van der Waals surface area contributed by atoms with E-state index >= 15 is 0 Å². The highest BCUT2D eigenvalue weighted by Crippen LogP contribution is 2.49. The molecule has 0 bridgehead atoms. The van der Waals surface area contributed by atoms with E-state index < -0.39 is 11.9 Å². The van der Waals surface area contributed by atoms with Gasteiger partial charge in [-0.2, -0.15) is 0 Å². The van der Waals surface area contributed by atoms with Crippen LogP contribution in [0.4, 0.5) is 0 Å². The van der Waals surface area contributed by atoms with Crippen LogP contribution < -0.4 is 4.74 Å². The Kier molecular flexibility index (Phi) is 6.11. The molecule has 28 heavy (non-hydrogen) atoms. The minimum Gasteiger partial charge on any atom is -0.478 e. The first-order chi connectivity index (χ1) is 13.5. The molecule has 6 nitrogen and oxygen atoms in total. The number of nitrogens with zero attached hydrogens (tertiary/aromatic N) is 1. The van der Waals surface area contributed by atoms with Crippen LogP contribution in [-0.2, 0) is 9.59 Å². The van der Waals surface area contributed by atoms with Gasteiger partial charge in [-0.15, -0.1) is 0 Å². The first-order valence-corrected chi connectivity index (χ1v) is 9.14. The van der Waals surface area contributed by atoms with Crippen molar-refractivity contribution < 1.29 is 24.5 Å². The number of rotatable bonds is 2. The number of carboxylic acids is 2. The fourth-order valence-corrected chi connectivity index (χ4v) is 3.82. The molecule has 1 saturated heterocycles. The van der Waals surface area contributed by atoms with E-state index in [2.05, 4.69) is 60.5 Å². The number of likely N-dealkylation sites (N-methyl/N-ethyl adjacent to an activating group) is 1. The lowest BCUT2D eigenvalue weighted by Gasteiger charge is -2.36. The third-order valence-electron chi connectivity index (χ3n) is 5.04. The van der Waals surface area contributed by atoms with Gasteiger partial charge < -0.3 is 19.8 Å². The van der Waals surface area contributed by atoms with Crippen molar-refractivity contribution in [2.45, 2.75) is 18.3 Å². The summed E-state index contributed by atoms with van der Waals surface area (Å²) in [7, 11) is 2.22. The first-order valence-electron chi connectivity index (χ1n) is 9.14. The molecule has 1 fully saturated rings. The summed E-state index contributed by atoms with van der Waals surface area (Å²) in [6.07, 6.45) is 2.32. The summed E-state index contributed by atoms with van der Waals surface area (Å²) < 4.78 is 6.21. The van der Waals surface area contributed by atoms with Gasteiger partial charge in [-0.05, 0) is 49.2 Å². The van der Waals surface area contributed by atoms with E-state index in [9.17, 15) is 9.59 Å². The van der Waals surface area contributed by atoms with Gasteiger partial charge in [0, 0.05) is 24.6 Å². The Labute approximate surface area is 163 Å². The van der Waals surface area contributed by atoms with Gasteiger partial charge in [-0.3, -0.25) is 0 Å². The summed E-state index contributed by atoms with van der Waals surface area (Å²) >= 11 is 0. The van der Waals surface area contributed by atoms with Crippen molar-refractivity contribution in [2.75, 3.05) is 20.1 Å². The molecule has 2 aromatic rings. The van der Waals surface area contributed by atoms with Crippen LogP contribution in [0.5, 0.6) is 11.5 Å². The lowest BCUT2D eigenvalue weighted by molar-refractivity contribution is -0.134. The van der Waals surface area contributed by atoms with Crippen molar-refractivity contribution in [1.82, 2.24) is 4.90 Å². The molecular weight excluding hydrogens is 358 g/mol. The molecule has 146 valence electrons. The highest BCUT2D eigenvalue weighted by atomic mass is 16.5. The zero-order chi connectivity index (χ0) is 20.1. The van der Waals surface area contributed by atoms with Crippen LogP contribution in [0.15, 0.2) is 60.7 Å². The van der Waals surface area contributed by atoms with E-state index in [0.29, 0.717) is 24.0 Å². The zero-order valence-corrected chi connectivity index (χ0v) is 15.6. The monoisotopic (exact) mass is 381 g/mol. The van der Waals surface area contributed by atoms with Crippen molar-refractivity contribution >= 4 is 11.9 Å². The number of para-hydroxylation sites is 2. The van der Waals surface area contributed by atoms with Gasteiger partial charge in [0.25, 0.3) is 0 Å². The van der Waals surface area contributed by atoms with E-state index in [1.54, 1.807) is 0 Å². The van der Waals surface area contributed by atoms with Crippen LogP contribution in [-0.4, -0.2) is 47.2 Å². The number of hydrogen-bond donors (Lipinski definition) is 2. The summed E-state index contributed by atoms with van der Waals surface area (Å²) in [6.45, 7) is 2.27. The number of ether oxygens (including phenoxy) is 1. The summed E-state index contributed by atoms with van der Waals surface area (Å²) in [5.41, 5.74) is 2.74. The molecule has 0 spiro atoms. The summed E-state index contributed by atoms with van der Waals surface area (Å²) in [4.78, 5) is 21.5. The Morgan fingerprint density at radius 2 is 1.43 bits per heavy atom. The Bertz CT molecular complexity index is 876. The molecule has 2 N–H and O–H groups in total. The maximum Gasteiger partial charge on any atom is 0.328 e. The van der Waals surface area contributed by atoms with E-state index in [-0.39, 0.29) is 0 Å². The Hall–Kier alpha value is -3.12. The summed E-state index contributed by atoms with van der Waals surface area (Å²) in [6, 6.07) is 17.1. The third-order valence-corrected chi connectivity index (χ3v) is 5.04. The van der Waals surface area contributed by atoms with Gasteiger partial charge in [0.15, 0.2) is 0 Å². The van der Waals surface area contributed by atoms with Crippen LogP contribution in [0.25, 0.3) is 0 Å². The molecule has 0 aliphatic carbocycles. The fourth-order valence-electron chi connectivity index (χ4n) is 3.82. The Balaban J connectivity index is 0.000000242. The summed E-state index contributed by atoms with van der Waals surface area (Å²) in [5.74, 6) is 0.666. The predicted octanol–water partition coefficient (Wildman–Crippen LogP) is 3.71. The number of piperidine rings is 1. The van der Waals surface area contributed by atoms with Crippen LogP contribution in [0, 0.1) is 0 Å². The minimum atomic E-state index is -1.26. The molecule has 0 radical (unpaired) electrons. The van der Waals surface area contributed by atoms with Gasteiger partial charge in [-0.1, -0.05) is 36.4 Å². The van der Waals surface area contributed by atoms with Crippen molar-refractivity contribution in [3.8, 4) is 11.5 Å². The maximum absolute atomic E-state index is 9.55. The number of likely N-dealkylation sites (tertiary alicyclic amines) is 1. The SMILES string of the molecule is CN1CC[C@H]2c3ccccc3Oc3ccccc3[C@H]2C1.O=C(O)/C=C\C(=O)O. The molecule has 0 unspecified atom stereocenters. The van der Waals surface area contributed by atoms with Crippen molar-refractivity contribution in [2.24, 2.45) is 0 Å². The molecule has 6 heteroatoms. The van der Waals surface area contributed by atoms with Crippen LogP contribution in [0.2, 0.25) is 0 Å². The quantitative estimate of drug-likeness (QED) is 0.771. The molecule has 0 saturated carbocycles. The van der Waals surface area contributed by atoms with Crippen molar-refractivity contribution in [3.05, 3.63) is 71.8 Å². The number of aliphatic carboxylic acids is 2. The second kappa shape index (κ2) is 8.71. The molecule has 0 aromatic heterocycles. The minimum absolute atomic E-state index is 0.536. The first kappa shape index (κ1) is 19.6. The largest absolute Gasteiger partial charge is 0.478 e. The molecule has 0 amide bonds. The summed E-state index contributed by atoms with van der Waals surface area (Å²) in [5, 5.41) is 15.6. The van der Waals surface area contributed by atoms with E-state index in [4.69, 9.17) is 14.9 Å². The predicted molar refractivity (Wildman–Crippen MR) is 105 cm³/mol. The topological polar surface area (TPSA) is 87.1 Å². The van der Waals surface area contributed by atoms with Crippen LogP contribution in [0.3, 0.4) is 0 Å². The molecule has 2 heterocycles. The second-order valence-corrected chi connectivity index (χ2v) is 6.95. The number of carbonyl (C=O) groups is 2. The van der Waals surface area contributed by atoms with Gasteiger partial charge >= 0.3 is 11.9 Å². The molecule has 2 aliphatic heterocycles. The molecular formula is C22H23NO5. The molecule has 2 atom stereocenters. The number of benzene rings is 2. The van der Waals surface area contributed by atoms with E-state index in [1.165, 1.54) is 17.5 Å². The van der Waals surface area contributed by atoms with Gasteiger partial charge in [0.05, 0.1) is 0 Å². The standard InChI is InChI=1S/C18H19NO.C4H4O4/c1-19-11-10-13-14-6-2-4-8-17(14)20-18-9-5-3-7-15(18)16(13)12-19;5-3(6)1-2-4(7)8/h2-9,13,16H,10-12H2,1H3;1-2H,(H,5,6)(H,7,8)/b;2-1-/t13-,16-;/m0./s1. The van der Waals surface area contributed by atoms with Crippen molar-refractivity contribution in [1.29, 1.82) is 0 Å². The van der Waals surface area contributed by atoms with Crippen LogP contribution >= 0.6 is 0 Å². The average Bonchev–Trinajstić information content (AvgIpc) is 2.81. The number of carboxylic acid groups (broad SMARTS) is 2. The maximum atomic E-state index is 9.55. The van der Waals surface area contributed by atoms with E-state index in [0.717, 1.165) is 24.6 Å². The Morgan fingerprint density at radius 3 is 1.96 bits per heavy atom. The normalized spacial score (nSPS) is 20.5. The highest BCUT2D eigenvalue weighted by molar-refractivity contribution is 5.89. The zero-order valence-electron chi connectivity index (χ0n) is 15.6. The van der Waals surface area contributed by atoms with Gasteiger partial charge in [0.1, 0.15) is 11.5 Å². The average molecular weight is 381 g/mol. The van der Waals surface area contributed by atoms with E-state index in [1.807, 2.05) is 0 Å². The van der Waals surface area contributed by atoms with Gasteiger partial charge in [0.2, 0.25) is 0 Å². The lowest BCUT2D eigenvalue weighted by Crippen LogP contribution is -2.35. The smallest absolute Gasteiger partial charge is 0.328 e. The fraction of sp³-hybridized carbons (Fsp3) is 0.273.